The molecule has 60 heavy (non-hydrogen) atoms. The summed E-state index contributed by atoms with van der Waals surface area (Å²) in [6, 6.07) is 0. The first-order chi connectivity index (χ1) is 29.4. The van der Waals surface area contributed by atoms with Crippen LogP contribution in [0.1, 0.15) is 129 Å². The molecular weight excluding hydrogens is 757 g/mol. The number of aliphatic hydroxyl groups excluding tert-OH is 4. The highest BCUT2D eigenvalue weighted by Crippen LogP contribution is 2.22. The molecule has 1 saturated heterocycles. The molecule has 9 nitrogen and oxygen atoms in total. The van der Waals surface area contributed by atoms with Gasteiger partial charge in [0.2, 0.25) is 0 Å². The fraction of sp³-hybridized carbons (Fsp3) is 0.588. The van der Waals surface area contributed by atoms with E-state index in [-0.39, 0.29) is 19.6 Å². The Morgan fingerprint density at radius 2 is 0.967 bits per heavy atom. The number of allylic oxidation sites excluding steroid dienone is 19. The van der Waals surface area contributed by atoms with E-state index in [1.165, 1.54) is 19.3 Å². The lowest BCUT2D eigenvalue weighted by atomic mass is 9.99. The first-order valence-electron chi connectivity index (χ1n) is 22.6. The van der Waals surface area contributed by atoms with Crippen LogP contribution in [-0.4, -0.2) is 89.6 Å². The van der Waals surface area contributed by atoms with Crippen LogP contribution >= 0.6 is 0 Å². The van der Waals surface area contributed by atoms with E-state index in [4.69, 9.17) is 18.9 Å². The maximum atomic E-state index is 12.7. The van der Waals surface area contributed by atoms with E-state index in [0.717, 1.165) is 83.5 Å². The monoisotopic (exact) mass is 837 g/mol. The van der Waals surface area contributed by atoms with Crippen LogP contribution in [0, 0.1) is 0 Å². The first-order valence-corrected chi connectivity index (χ1v) is 22.6. The number of unbranched alkanes of at least 4 members (excludes halogenated alkanes) is 6. The zero-order valence-electron chi connectivity index (χ0n) is 36.9. The summed E-state index contributed by atoms with van der Waals surface area (Å²) in [5.41, 5.74) is 0. The topological polar surface area (TPSA) is 135 Å². The van der Waals surface area contributed by atoms with E-state index in [9.17, 15) is 25.2 Å². The number of aliphatic hydroxyl groups is 4. The fourth-order valence-corrected chi connectivity index (χ4v) is 5.94. The lowest BCUT2D eigenvalue weighted by molar-refractivity contribution is -0.305. The summed E-state index contributed by atoms with van der Waals surface area (Å²) in [7, 11) is 0. The third kappa shape index (κ3) is 31.5. The predicted molar refractivity (Wildman–Crippen MR) is 246 cm³/mol. The van der Waals surface area contributed by atoms with Gasteiger partial charge in [-0.3, -0.25) is 4.79 Å². The average molecular weight is 837 g/mol. The molecule has 0 aromatic carbocycles. The number of esters is 1. The Kier molecular flexibility index (Phi) is 37.3. The minimum absolute atomic E-state index is 0.0746. The standard InChI is InChI=1S/C51H80O9/c1-3-5-7-9-11-13-15-17-19-20-21-22-23-24-25-27-29-31-33-35-37-39-41-57-43-45(44-58-51-50(56)49(55)48(54)46(42-52)60-51)59-47(53)40-38-36-34-32-30-28-26-18-16-14-12-10-8-6-4-2/h5-8,11-14,17-19,21-22,24-26,30,32,36,38,45-46,48-52,54-56H,3-4,9-10,15-16,20,23,27-29,31,33-35,37,39-44H2,1-2H3/b7-5-,8-6-,13-11-,14-12-,19-17-,22-21-,25-24-,26-18-,32-30-,38-36-. The molecule has 1 heterocycles. The maximum Gasteiger partial charge on any atom is 0.310 e. The molecule has 9 heteroatoms. The van der Waals surface area contributed by atoms with Crippen molar-refractivity contribution in [2.45, 2.75) is 166 Å². The molecule has 0 radical (unpaired) electrons. The molecule has 0 aromatic rings. The second-order valence-corrected chi connectivity index (χ2v) is 14.7. The van der Waals surface area contributed by atoms with Gasteiger partial charge in [0, 0.05) is 6.61 Å². The third-order valence-electron chi connectivity index (χ3n) is 9.41. The zero-order valence-corrected chi connectivity index (χ0v) is 36.9. The van der Waals surface area contributed by atoms with E-state index < -0.39 is 49.4 Å². The van der Waals surface area contributed by atoms with E-state index in [1.54, 1.807) is 6.08 Å². The van der Waals surface area contributed by atoms with Crippen molar-refractivity contribution in [1.82, 2.24) is 0 Å². The Bertz CT molecular complexity index is 1320. The Morgan fingerprint density at radius 3 is 1.45 bits per heavy atom. The molecule has 0 spiro atoms. The molecular formula is C51H80O9. The first kappa shape index (κ1) is 54.6. The highest BCUT2D eigenvalue weighted by atomic mass is 16.7. The second kappa shape index (κ2) is 41.0. The Morgan fingerprint density at radius 1 is 0.533 bits per heavy atom. The van der Waals surface area contributed by atoms with Crippen molar-refractivity contribution in [2.24, 2.45) is 0 Å². The van der Waals surface area contributed by atoms with E-state index in [0.29, 0.717) is 13.0 Å². The van der Waals surface area contributed by atoms with Crippen molar-refractivity contribution < 1.29 is 44.2 Å². The van der Waals surface area contributed by atoms with Gasteiger partial charge in [-0.2, -0.15) is 0 Å². The highest BCUT2D eigenvalue weighted by Gasteiger charge is 2.44. The summed E-state index contributed by atoms with van der Waals surface area (Å²) >= 11 is 0. The SMILES string of the molecule is CC/C=C\C/C=C\C/C=C\C/C=C\C/C=C\CCCCCCCCOCC(COC1OC(CO)C(O)C(O)C1O)OC(=O)C/C=C\C/C=C\C/C=C\C/C=C\C/C=C\CC. The van der Waals surface area contributed by atoms with Gasteiger partial charge < -0.3 is 39.4 Å². The Balaban J connectivity index is 2.33. The van der Waals surface area contributed by atoms with E-state index >= 15 is 0 Å². The van der Waals surface area contributed by atoms with Gasteiger partial charge in [0.05, 0.1) is 26.2 Å². The molecule has 4 N–H and O–H groups in total. The van der Waals surface area contributed by atoms with Crippen LogP contribution in [0.2, 0.25) is 0 Å². The molecule has 0 bridgehead atoms. The minimum Gasteiger partial charge on any atom is -0.457 e. The van der Waals surface area contributed by atoms with Gasteiger partial charge >= 0.3 is 5.97 Å². The van der Waals surface area contributed by atoms with Gasteiger partial charge in [0.1, 0.15) is 30.5 Å². The minimum atomic E-state index is -1.56. The third-order valence-corrected chi connectivity index (χ3v) is 9.41. The van der Waals surface area contributed by atoms with Crippen LogP contribution in [-0.2, 0) is 23.7 Å². The van der Waals surface area contributed by atoms with Gasteiger partial charge in [0.25, 0.3) is 0 Å². The quantitative estimate of drug-likeness (QED) is 0.0276. The molecule has 1 rings (SSSR count). The maximum absolute atomic E-state index is 12.7. The molecule has 0 amide bonds. The van der Waals surface area contributed by atoms with Crippen molar-refractivity contribution in [3.05, 3.63) is 122 Å². The Labute approximate surface area is 363 Å². The molecule has 0 saturated carbocycles. The number of rotatable bonds is 36. The number of hydrogen-bond acceptors (Lipinski definition) is 9. The number of ether oxygens (including phenoxy) is 4. The number of carbonyl (C=O) groups is 1. The van der Waals surface area contributed by atoms with Crippen LogP contribution < -0.4 is 0 Å². The van der Waals surface area contributed by atoms with Crippen LogP contribution in [0.4, 0.5) is 0 Å². The summed E-state index contributed by atoms with van der Waals surface area (Å²) in [4.78, 5) is 12.7. The van der Waals surface area contributed by atoms with Gasteiger partial charge in [0.15, 0.2) is 6.29 Å². The van der Waals surface area contributed by atoms with Crippen molar-refractivity contribution in [1.29, 1.82) is 0 Å². The molecule has 6 atom stereocenters. The molecule has 6 unspecified atom stereocenters. The van der Waals surface area contributed by atoms with Crippen LogP contribution in [0.15, 0.2) is 122 Å². The zero-order chi connectivity index (χ0) is 43.6. The summed E-state index contributed by atoms with van der Waals surface area (Å²) in [5, 5.41) is 40.1. The normalized spacial score (nSPS) is 21.2. The second-order valence-electron chi connectivity index (χ2n) is 14.7. The summed E-state index contributed by atoms with van der Waals surface area (Å²) in [5.74, 6) is -0.452. The number of carbonyl (C=O) groups excluding carboxylic acids is 1. The predicted octanol–water partition coefficient (Wildman–Crippen LogP) is 10.4. The molecule has 0 aliphatic carbocycles. The van der Waals surface area contributed by atoms with Gasteiger partial charge in [-0.25, -0.2) is 0 Å². The largest absolute Gasteiger partial charge is 0.457 e. The van der Waals surface area contributed by atoms with Crippen LogP contribution in [0.3, 0.4) is 0 Å². The van der Waals surface area contributed by atoms with Crippen LogP contribution in [0.5, 0.6) is 0 Å². The smallest absolute Gasteiger partial charge is 0.310 e. The molecule has 1 aliphatic rings. The lowest BCUT2D eigenvalue weighted by Crippen LogP contribution is -2.59. The van der Waals surface area contributed by atoms with Crippen molar-refractivity contribution in [2.75, 3.05) is 26.4 Å². The molecule has 338 valence electrons. The van der Waals surface area contributed by atoms with Crippen molar-refractivity contribution in [3.8, 4) is 0 Å². The average Bonchev–Trinajstić information content (AvgIpc) is 3.25. The molecule has 1 aliphatic heterocycles. The van der Waals surface area contributed by atoms with E-state index in [1.807, 2.05) is 6.08 Å². The molecule has 1 fully saturated rings. The summed E-state index contributed by atoms with van der Waals surface area (Å²) in [6.07, 6.45) is 52.5. The molecule has 0 aromatic heterocycles. The Hall–Kier alpha value is -3.41. The van der Waals surface area contributed by atoms with Crippen molar-refractivity contribution in [3.63, 3.8) is 0 Å². The van der Waals surface area contributed by atoms with Gasteiger partial charge in [-0.05, 0) is 83.5 Å². The summed E-state index contributed by atoms with van der Waals surface area (Å²) in [6.45, 7) is 4.13. The summed E-state index contributed by atoms with van der Waals surface area (Å²) < 4.78 is 22.7. The van der Waals surface area contributed by atoms with Gasteiger partial charge in [-0.15, -0.1) is 0 Å². The van der Waals surface area contributed by atoms with Gasteiger partial charge in [-0.1, -0.05) is 161 Å². The lowest BCUT2D eigenvalue weighted by Gasteiger charge is -2.39. The van der Waals surface area contributed by atoms with E-state index in [2.05, 4.69) is 123 Å². The highest BCUT2D eigenvalue weighted by molar-refractivity contribution is 5.71. The van der Waals surface area contributed by atoms with Crippen molar-refractivity contribution >= 4 is 5.97 Å². The van der Waals surface area contributed by atoms with Crippen LogP contribution in [0.25, 0.3) is 0 Å². The number of hydrogen-bond donors (Lipinski definition) is 4. The fourth-order valence-electron chi connectivity index (χ4n) is 5.94.